The second-order valence-corrected chi connectivity index (χ2v) is 9.17. The molecule has 4 aromatic heterocycles. The van der Waals surface area contributed by atoms with Crippen LogP contribution in [0.1, 0.15) is 29.9 Å². The average molecular weight is 479 g/mol. The number of benzene rings is 1. The van der Waals surface area contributed by atoms with Crippen LogP contribution >= 0.6 is 0 Å². The first-order chi connectivity index (χ1) is 17.7. The number of H-pyrrole nitrogens is 1. The zero-order valence-corrected chi connectivity index (χ0v) is 19.8. The highest BCUT2D eigenvalue weighted by Crippen LogP contribution is 2.29. The number of hydrogen-bond acceptors (Lipinski definition) is 7. The topological polar surface area (TPSA) is 105 Å². The summed E-state index contributed by atoms with van der Waals surface area (Å²) in [5.41, 5.74) is 5.11. The van der Waals surface area contributed by atoms with Crippen molar-refractivity contribution in [1.82, 2.24) is 39.6 Å². The van der Waals surface area contributed by atoms with E-state index in [-0.39, 0.29) is 5.56 Å². The molecule has 0 saturated carbocycles. The molecule has 9 heteroatoms. The van der Waals surface area contributed by atoms with Crippen molar-refractivity contribution in [2.75, 3.05) is 19.6 Å². The first kappa shape index (κ1) is 22.2. The molecule has 1 saturated heterocycles. The van der Waals surface area contributed by atoms with Gasteiger partial charge in [-0.15, -0.1) is 0 Å². The molecule has 180 valence electrons. The van der Waals surface area contributed by atoms with Gasteiger partial charge in [0.05, 0.1) is 17.9 Å². The van der Waals surface area contributed by atoms with Gasteiger partial charge < -0.3 is 9.88 Å². The Kier molecular flexibility index (Phi) is 6.05. The van der Waals surface area contributed by atoms with Crippen molar-refractivity contribution in [2.24, 2.45) is 0 Å². The van der Waals surface area contributed by atoms with Crippen LogP contribution in [0.2, 0.25) is 0 Å². The maximum atomic E-state index is 12.1. The summed E-state index contributed by atoms with van der Waals surface area (Å²) in [7, 11) is 0. The molecule has 36 heavy (non-hydrogen) atoms. The van der Waals surface area contributed by atoms with Crippen molar-refractivity contribution in [1.29, 1.82) is 0 Å². The summed E-state index contributed by atoms with van der Waals surface area (Å²) in [6.07, 6.45) is 15.4. The molecule has 1 aliphatic rings. The minimum absolute atomic E-state index is 0.179. The molecule has 0 unspecified atom stereocenters. The normalized spacial score (nSPS) is 14.9. The predicted molar refractivity (Wildman–Crippen MR) is 137 cm³/mol. The molecule has 0 aliphatic carbocycles. The Balaban J connectivity index is 1.05. The van der Waals surface area contributed by atoms with Crippen molar-refractivity contribution in [3.8, 4) is 16.9 Å². The molecule has 0 spiro atoms. The van der Waals surface area contributed by atoms with Crippen LogP contribution in [0.5, 0.6) is 0 Å². The highest BCUT2D eigenvalue weighted by molar-refractivity contribution is 5.83. The van der Waals surface area contributed by atoms with Crippen LogP contribution < -0.4 is 5.56 Å². The Morgan fingerprint density at radius 2 is 1.75 bits per heavy atom. The molecule has 1 aromatic carbocycles. The Morgan fingerprint density at radius 1 is 0.944 bits per heavy atom. The van der Waals surface area contributed by atoms with Gasteiger partial charge in [-0.25, -0.2) is 24.6 Å². The summed E-state index contributed by atoms with van der Waals surface area (Å²) in [5, 5.41) is 4.99. The van der Waals surface area contributed by atoms with E-state index in [1.54, 1.807) is 23.3 Å². The van der Waals surface area contributed by atoms with Gasteiger partial charge in [0, 0.05) is 36.9 Å². The quantitative estimate of drug-likeness (QED) is 0.399. The van der Waals surface area contributed by atoms with Gasteiger partial charge in [0.2, 0.25) is 0 Å². The standard InChI is InChI=1S/C27H26N8O/c36-27-24-5-9-30-26(25(24)31-18-32-27)35-16-19(13-33-35)6-10-34-11-7-22(8-12-34)20-1-3-21(4-2-20)23-14-28-17-29-15-23/h1-5,9,13-18,22H,6-8,10-12H2,(H,31,32,36). The second kappa shape index (κ2) is 9.79. The first-order valence-corrected chi connectivity index (χ1v) is 12.2. The number of piperidine rings is 1. The highest BCUT2D eigenvalue weighted by atomic mass is 16.1. The maximum Gasteiger partial charge on any atom is 0.258 e. The molecular weight excluding hydrogens is 452 g/mol. The number of pyridine rings is 1. The summed E-state index contributed by atoms with van der Waals surface area (Å²) >= 11 is 0. The van der Waals surface area contributed by atoms with E-state index in [1.807, 2.05) is 24.8 Å². The van der Waals surface area contributed by atoms with Crippen LogP contribution in [0.15, 0.2) is 78.8 Å². The lowest BCUT2D eigenvalue weighted by molar-refractivity contribution is 0.214. The van der Waals surface area contributed by atoms with Crippen molar-refractivity contribution in [3.63, 3.8) is 0 Å². The molecular formula is C27H26N8O. The zero-order chi connectivity index (χ0) is 24.3. The van der Waals surface area contributed by atoms with Crippen LogP contribution in [0.25, 0.3) is 27.8 Å². The summed E-state index contributed by atoms with van der Waals surface area (Å²) in [6.45, 7) is 3.17. The van der Waals surface area contributed by atoms with Crippen LogP contribution in [0.4, 0.5) is 0 Å². The van der Waals surface area contributed by atoms with Crippen LogP contribution in [-0.4, -0.2) is 59.2 Å². The molecule has 5 heterocycles. The number of aromatic amines is 1. The van der Waals surface area contributed by atoms with Gasteiger partial charge in [-0.1, -0.05) is 24.3 Å². The molecule has 0 bridgehead atoms. The molecule has 0 radical (unpaired) electrons. The maximum absolute atomic E-state index is 12.1. The van der Waals surface area contributed by atoms with Crippen LogP contribution in [0, 0.1) is 0 Å². The van der Waals surface area contributed by atoms with Gasteiger partial charge in [-0.2, -0.15) is 5.10 Å². The fourth-order valence-corrected chi connectivity index (χ4v) is 4.93. The smallest absolute Gasteiger partial charge is 0.258 e. The predicted octanol–water partition coefficient (Wildman–Crippen LogP) is 3.38. The number of rotatable bonds is 6. The Labute approximate surface area is 207 Å². The molecule has 1 N–H and O–H groups in total. The number of hydrogen-bond donors (Lipinski definition) is 1. The van der Waals surface area contributed by atoms with Crippen LogP contribution in [-0.2, 0) is 6.42 Å². The molecule has 0 amide bonds. The lowest BCUT2D eigenvalue weighted by Gasteiger charge is -2.32. The second-order valence-electron chi connectivity index (χ2n) is 9.17. The summed E-state index contributed by atoms with van der Waals surface area (Å²) in [4.78, 5) is 34.1. The molecule has 1 fully saturated rings. The Bertz CT molecular complexity index is 1520. The number of nitrogens with one attached hydrogen (secondary N) is 1. The van der Waals surface area contributed by atoms with Gasteiger partial charge in [0.1, 0.15) is 11.8 Å². The van der Waals surface area contributed by atoms with Crippen molar-refractivity contribution < 1.29 is 0 Å². The van der Waals surface area contributed by atoms with Gasteiger partial charge in [0.25, 0.3) is 5.56 Å². The molecule has 6 rings (SSSR count). The highest BCUT2D eigenvalue weighted by Gasteiger charge is 2.21. The SMILES string of the molecule is O=c1[nH]cnc2c(-n3cc(CCN4CCC(c5ccc(-c6cncnc6)cc5)CC4)cn3)nccc12. The Morgan fingerprint density at radius 3 is 2.56 bits per heavy atom. The third-order valence-electron chi connectivity index (χ3n) is 6.97. The van der Waals surface area contributed by atoms with Crippen molar-refractivity contribution in [3.05, 3.63) is 95.5 Å². The average Bonchev–Trinajstić information content (AvgIpc) is 3.42. The van der Waals surface area contributed by atoms with E-state index in [1.165, 1.54) is 11.9 Å². The van der Waals surface area contributed by atoms with E-state index < -0.39 is 0 Å². The first-order valence-electron chi connectivity index (χ1n) is 12.2. The van der Waals surface area contributed by atoms with E-state index in [0.717, 1.165) is 55.6 Å². The van der Waals surface area contributed by atoms with E-state index in [2.05, 4.69) is 59.2 Å². The third kappa shape index (κ3) is 4.52. The molecule has 5 aromatic rings. The van der Waals surface area contributed by atoms with Gasteiger partial charge in [0.15, 0.2) is 5.82 Å². The third-order valence-corrected chi connectivity index (χ3v) is 6.97. The van der Waals surface area contributed by atoms with E-state index >= 15 is 0 Å². The number of likely N-dealkylation sites (tertiary alicyclic amines) is 1. The zero-order valence-electron chi connectivity index (χ0n) is 19.8. The van der Waals surface area contributed by atoms with Crippen LogP contribution in [0.3, 0.4) is 0 Å². The Hall–Kier alpha value is -4.24. The monoisotopic (exact) mass is 478 g/mol. The fraction of sp³-hybridized carbons (Fsp3) is 0.259. The van der Waals surface area contributed by atoms with Gasteiger partial charge in [-0.05, 0) is 61.0 Å². The molecule has 9 nitrogen and oxygen atoms in total. The lowest BCUT2D eigenvalue weighted by atomic mass is 9.88. The number of aromatic nitrogens is 7. The number of nitrogens with zero attached hydrogens (tertiary/aromatic N) is 7. The number of fused-ring (bicyclic) bond motifs is 1. The van der Waals surface area contributed by atoms with Crippen molar-refractivity contribution in [2.45, 2.75) is 25.2 Å². The minimum Gasteiger partial charge on any atom is -0.313 e. The molecule has 0 atom stereocenters. The summed E-state index contributed by atoms with van der Waals surface area (Å²) in [6, 6.07) is 10.5. The fourth-order valence-electron chi connectivity index (χ4n) is 4.93. The lowest BCUT2D eigenvalue weighted by Crippen LogP contribution is -2.34. The van der Waals surface area contributed by atoms with Gasteiger partial charge >= 0.3 is 0 Å². The summed E-state index contributed by atoms with van der Waals surface area (Å²) < 4.78 is 1.71. The molecule has 1 aliphatic heterocycles. The van der Waals surface area contributed by atoms with E-state index in [0.29, 0.717) is 22.6 Å². The van der Waals surface area contributed by atoms with E-state index in [9.17, 15) is 4.79 Å². The van der Waals surface area contributed by atoms with Crippen molar-refractivity contribution >= 4 is 10.9 Å². The minimum atomic E-state index is -0.179. The largest absolute Gasteiger partial charge is 0.313 e. The summed E-state index contributed by atoms with van der Waals surface area (Å²) in [5.74, 6) is 1.16. The van der Waals surface area contributed by atoms with E-state index in [4.69, 9.17) is 0 Å². The van der Waals surface area contributed by atoms with Gasteiger partial charge in [-0.3, -0.25) is 4.79 Å².